The van der Waals surface area contributed by atoms with Gasteiger partial charge in [0.15, 0.2) is 16.4 Å². The van der Waals surface area contributed by atoms with Crippen molar-refractivity contribution in [2.45, 2.75) is 25.9 Å². The van der Waals surface area contributed by atoms with Gasteiger partial charge in [-0.05, 0) is 18.6 Å². The summed E-state index contributed by atoms with van der Waals surface area (Å²) in [5.74, 6) is -0.000474. The minimum atomic E-state index is -0.287. The Labute approximate surface area is 170 Å². The lowest BCUT2D eigenvalue weighted by atomic mass is 10.0. The monoisotopic (exact) mass is 418 g/mol. The van der Waals surface area contributed by atoms with E-state index in [0.717, 1.165) is 16.8 Å². The summed E-state index contributed by atoms with van der Waals surface area (Å²) in [6, 6.07) is 3.39. The van der Waals surface area contributed by atoms with Gasteiger partial charge in [0.25, 0.3) is 0 Å². The molecule has 0 N–H and O–H groups in total. The fourth-order valence-corrected chi connectivity index (χ4v) is 3.63. The van der Waals surface area contributed by atoms with E-state index in [9.17, 15) is 4.79 Å². The van der Waals surface area contributed by atoms with E-state index in [1.165, 1.54) is 6.33 Å². The van der Waals surface area contributed by atoms with Gasteiger partial charge in [-0.3, -0.25) is 4.79 Å². The molecule has 0 amide bonds. The Hall–Kier alpha value is -2.55. The van der Waals surface area contributed by atoms with Gasteiger partial charge in [-0.1, -0.05) is 23.2 Å². The number of carbonyl (C=O) groups excluding carboxylic acids is 1. The predicted molar refractivity (Wildman–Crippen MR) is 104 cm³/mol. The maximum absolute atomic E-state index is 12.8. The number of halogens is 2. The third-order valence-electron chi connectivity index (χ3n) is 4.49. The van der Waals surface area contributed by atoms with Crippen LogP contribution in [0.25, 0.3) is 11.3 Å². The summed E-state index contributed by atoms with van der Waals surface area (Å²) in [4.78, 5) is 21.2. The van der Waals surface area contributed by atoms with E-state index in [1.54, 1.807) is 40.7 Å². The maximum atomic E-state index is 12.8. The van der Waals surface area contributed by atoms with Crippen molar-refractivity contribution in [2.24, 2.45) is 0 Å². The third kappa shape index (κ3) is 3.46. The highest BCUT2D eigenvalue weighted by Gasteiger charge is 2.19. The molecule has 0 saturated carbocycles. The van der Waals surface area contributed by atoms with Crippen LogP contribution in [-0.2, 0) is 22.4 Å². The molecule has 0 spiro atoms. The molecule has 0 bridgehead atoms. The van der Waals surface area contributed by atoms with Gasteiger partial charge in [0, 0.05) is 44.0 Å². The van der Waals surface area contributed by atoms with E-state index >= 15 is 0 Å². The van der Waals surface area contributed by atoms with Crippen LogP contribution in [0.4, 0.5) is 0 Å². The van der Waals surface area contributed by atoms with Crippen molar-refractivity contribution in [2.75, 3.05) is 7.11 Å². The van der Waals surface area contributed by atoms with Crippen LogP contribution in [0.2, 0.25) is 10.2 Å². The largest absolute Gasteiger partial charge is 0.375 e. The second kappa shape index (κ2) is 7.46. The average molecular weight is 419 g/mol. The fraction of sp³-hybridized carbons (Fsp3) is 0.278. The Morgan fingerprint density at radius 2 is 2.07 bits per heavy atom. The molecule has 4 rings (SSSR count). The number of Topliss-reactive ketones (excluding diaryl/α,β-unsaturated/α-hetero) is 1. The number of nitrogens with zero attached hydrogens (tertiary/aromatic N) is 6. The van der Waals surface area contributed by atoms with Gasteiger partial charge >= 0.3 is 0 Å². The number of hydrogen-bond acceptors (Lipinski definition) is 6. The second-order valence-corrected chi connectivity index (χ2v) is 7.19. The van der Waals surface area contributed by atoms with E-state index in [-0.39, 0.29) is 24.7 Å². The Morgan fingerprint density at radius 1 is 1.25 bits per heavy atom. The zero-order valence-electron chi connectivity index (χ0n) is 15.1. The molecule has 0 aliphatic carbocycles. The number of rotatable bonds is 6. The molecule has 0 aliphatic heterocycles. The van der Waals surface area contributed by atoms with E-state index in [2.05, 4.69) is 20.2 Å². The molecule has 0 unspecified atom stereocenters. The molecule has 4 heterocycles. The molecule has 0 fully saturated rings. The topological polar surface area (TPSA) is 86.7 Å². The summed E-state index contributed by atoms with van der Waals surface area (Å²) in [6.45, 7) is 1.89. The standard InChI is InChI=1S/C18H16Cl2N6O2/c1-10(28-2)17-12(7-21-16-6-15(20)24-26(16)17)5-13(27)3-11-4-14(19)18-22-9-23-25(18)8-11/h4,6-10H,3,5H2,1-2H3/t10-/m0/s1. The van der Waals surface area contributed by atoms with Crippen LogP contribution in [-0.4, -0.2) is 42.1 Å². The zero-order valence-corrected chi connectivity index (χ0v) is 16.6. The summed E-state index contributed by atoms with van der Waals surface area (Å²) in [7, 11) is 1.60. The molecular weight excluding hydrogens is 403 g/mol. The van der Waals surface area contributed by atoms with Crippen LogP contribution < -0.4 is 0 Å². The van der Waals surface area contributed by atoms with Crippen molar-refractivity contribution in [1.82, 2.24) is 29.2 Å². The van der Waals surface area contributed by atoms with Crippen LogP contribution in [0.3, 0.4) is 0 Å². The fourth-order valence-electron chi connectivity index (χ4n) is 3.18. The second-order valence-electron chi connectivity index (χ2n) is 6.40. The molecule has 4 aromatic rings. The van der Waals surface area contributed by atoms with Gasteiger partial charge in [0.05, 0.1) is 16.8 Å². The highest BCUT2D eigenvalue weighted by atomic mass is 35.5. The number of pyridine rings is 1. The Bertz CT molecular complexity index is 1190. The highest BCUT2D eigenvalue weighted by molar-refractivity contribution is 6.33. The smallest absolute Gasteiger partial charge is 0.173 e. The summed E-state index contributed by atoms with van der Waals surface area (Å²) < 4.78 is 8.65. The average Bonchev–Trinajstić information content (AvgIpc) is 3.26. The molecule has 4 aromatic heterocycles. The molecule has 0 radical (unpaired) electrons. The van der Waals surface area contributed by atoms with Gasteiger partial charge in [-0.15, -0.1) is 0 Å². The minimum absolute atomic E-state index is 0.000474. The van der Waals surface area contributed by atoms with Crippen molar-refractivity contribution in [3.63, 3.8) is 0 Å². The molecular formula is C18H16Cl2N6O2. The normalized spacial score (nSPS) is 12.7. The van der Waals surface area contributed by atoms with Crippen molar-refractivity contribution >= 4 is 40.3 Å². The van der Waals surface area contributed by atoms with Crippen molar-refractivity contribution in [1.29, 1.82) is 0 Å². The third-order valence-corrected chi connectivity index (χ3v) is 4.95. The van der Waals surface area contributed by atoms with E-state index < -0.39 is 0 Å². The van der Waals surface area contributed by atoms with Crippen LogP contribution >= 0.6 is 23.2 Å². The minimum Gasteiger partial charge on any atom is -0.375 e. The maximum Gasteiger partial charge on any atom is 0.173 e. The van der Waals surface area contributed by atoms with Crippen molar-refractivity contribution < 1.29 is 9.53 Å². The first-order valence-corrected chi connectivity index (χ1v) is 9.27. The Balaban J connectivity index is 1.64. The lowest BCUT2D eigenvalue weighted by Crippen LogP contribution is -2.15. The first-order valence-electron chi connectivity index (χ1n) is 8.51. The van der Waals surface area contributed by atoms with Crippen LogP contribution in [0, 0.1) is 0 Å². The van der Waals surface area contributed by atoms with E-state index in [0.29, 0.717) is 21.5 Å². The number of ketones is 1. The molecule has 10 heteroatoms. The number of hydrogen-bond donors (Lipinski definition) is 0. The van der Waals surface area contributed by atoms with Crippen molar-refractivity contribution in [3.8, 4) is 0 Å². The zero-order chi connectivity index (χ0) is 19.8. The molecule has 144 valence electrons. The van der Waals surface area contributed by atoms with E-state index in [1.807, 2.05) is 6.92 Å². The van der Waals surface area contributed by atoms with Crippen LogP contribution in [0.1, 0.15) is 29.8 Å². The van der Waals surface area contributed by atoms with Gasteiger partial charge in [0.1, 0.15) is 12.1 Å². The molecule has 28 heavy (non-hydrogen) atoms. The first kappa shape index (κ1) is 18.8. The van der Waals surface area contributed by atoms with Crippen LogP contribution in [0.5, 0.6) is 0 Å². The number of methoxy groups -OCH3 is 1. The molecule has 0 aliphatic rings. The van der Waals surface area contributed by atoms with Gasteiger partial charge in [-0.25, -0.2) is 19.0 Å². The quantitative estimate of drug-likeness (QED) is 0.477. The van der Waals surface area contributed by atoms with Gasteiger partial charge < -0.3 is 4.74 Å². The number of aromatic nitrogens is 6. The highest BCUT2D eigenvalue weighted by Crippen LogP contribution is 2.24. The predicted octanol–water partition coefficient (Wildman–Crippen LogP) is 3.14. The molecule has 8 nitrogen and oxygen atoms in total. The van der Waals surface area contributed by atoms with E-state index in [4.69, 9.17) is 27.9 Å². The lowest BCUT2D eigenvalue weighted by molar-refractivity contribution is -0.117. The summed E-state index contributed by atoms with van der Waals surface area (Å²) >= 11 is 12.2. The van der Waals surface area contributed by atoms with Gasteiger partial charge in [0.2, 0.25) is 0 Å². The molecule has 0 saturated heterocycles. The summed E-state index contributed by atoms with van der Waals surface area (Å²) in [6.07, 6.45) is 4.93. The number of fused-ring (bicyclic) bond motifs is 2. The van der Waals surface area contributed by atoms with Crippen LogP contribution in [0.15, 0.2) is 30.9 Å². The molecule has 1 atom stereocenters. The van der Waals surface area contributed by atoms with Gasteiger partial charge in [-0.2, -0.15) is 10.2 Å². The number of carbonyl (C=O) groups is 1. The summed E-state index contributed by atoms with van der Waals surface area (Å²) in [5, 5.41) is 9.12. The SMILES string of the molecule is CO[C@@H](C)c1c(CC(=O)Cc2cc(Cl)c3ncnn3c2)cnc2cc(Cl)nn12. The molecule has 0 aromatic carbocycles. The van der Waals surface area contributed by atoms with Crippen molar-refractivity contribution in [3.05, 3.63) is 57.9 Å². The Morgan fingerprint density at radius 3 is 2.86 bits per heavy atom. The number of ether oxygens (including phenoxy) is 1. The lowest BCUT2D eigenvalue weighted by Gasteiger charge is -2.16. The first-order chi connectivity index (χ1) is 13.5. The summed E-state index contributed by atoms with van der Waals surface area (Å²) in [5.41, 5.74) is 3.39. The Kier molecular flexibility index (Phi) is 5.01.